The molecular formula is C12H12BrNS. The highest BCUT2D eigenvalue weighted by Crippen LogP contribution is 2.33. The summed E-state index contributed by atoms with van der Waals surface area (Å²) in [5, 5.41) is 4.26. The Bertz CT molecular complexity index is 476. The fourth-order valence-corrected chi connectivity index (χ4v) is 3.14. The van der Waals surface area contributed by atoms with Crippen LogP contribution in [0.5, 0.6) is 0 Å². The van der Waals surface area contributed by atoms with Crippen LogP contribution in [0.3, 0.4) is 0 Å². The lowest BCUT2D eigenvalue weighted by atomic mass is 10.0. The quantitative estimate of drug-likeness (QED) is 0.887. The summed E-state index contributed by atoms with van der Waals surface area (Å²) in [7, 11) is 0. The van der Waals surface area contributed by atoms with E-state index in [0.717, 1.165) is 4.47 Å². The SMILES string of the molecule is Cc1cc(CN)ccc1-c1cscc1Br. The molecule has 0 aliphatic carbocycles. The van der Waals surface area contributed by atoms with E-state index in [-0.39, 0.29) is 0 Å². The first-order chi connectivity index (χ1) is 7.22. The molecule has 0 radical (unpaired) electrons. The highest BCUT2D eigenvalue weighted by molar-refractivity contribution is 9.10. The van der Waals surface area contributed by atoms with E-state index >= 15 is 0 Å². The Morgan fingerprint density at radius 1 is 1.27 bits per heavy atom. The van der Waals surface area contributed by atoms with Crippen LogP contribution in [-0.4, -0.2) is 0 Å². The van der Waals surface area contributed by atoms with Crippen molar-refractivity contribution in [2.45, 2.75) is 13.5 Å². The molecule has 2 aromatic rings. The molecule has 0 spiro atoms. The Labute approximate surface area is 102 Å². The van der Waals surface area contributed by atoms with Gasteiger partial charge in [0, 0.05) is 22.0 Å². The Balaban J connectivity index is 2.50. The summed E-state index contributed by atoms with van der Waals surface area (Å²) in [4.78, 5) is 0. The zero-order valence-corrected chi connectivity index (χ0v) is 10.9. The second kappa shape index (κ2) is 4.47. The first kappa shape index (κ1) is 10.9. The van der Waals surface area contributed by atoms with Crippen LogP contribution < -0.4 is 5.73 Å². The molecule has 3 heteroatoms. The van der Waals surface area contributed by atoms with E-state index in [1.54, 1.807) is 11.3 Å². The van der Waals surface area contributed by atoms with Crippen LogP contribution in [0.1, 0.15) is 11.1 Å². The van der Waals surface area contributed by atoms with Gasteiger partial charge in [-0.05, 0) is 44.9 Å². The average Bonchev–Trinajstić information content (AvgIpc) is 2.64. The van der Waals surface area contributed by atoms with Gasteiger partial charge in [-0.1, -0.05) is 18.2 Å². The van der Waals surface area contributed by atoms with Crippen LogP contribution in [0.25, 0.3) is 11.1 Å². The Kier molecular flexibility index (Phi) is 3.24. The van der Waals surface area contributed by atoms with Crippen molar-refractivity contribution >= 4 is 27.3 Å². The molecule has 0 atom stereocenters. The topological polar surface area (TPSA) is 26.0 Å². The van der Waals surface area contributed by atoms with Crippen molar-refractivity contribution in [2.24, 2.45) is 5.73 Å². The molecule has 0 saturated heterocycles. The standard InChI is InChI=1S/C12H12BrNS/c1-8-4-9(5-14)2-3-10(8)11-6-15-7-12(11)13/h2-4,6-7H,5,14H2,1H3. The van der Waals surface area contributed by atoms with Crippen molar-refractivity contribution in [3.05, 3.63) is 44.6 Å². The van der Waals surface area contributed by atoms with Gasteiger partial charge in [0.15, 0.2) is 0 Å². The zero-order valence-electron chi connectivity index (χ0n) is 8.46. The Hall–Kier alpha value is -0.640. The summed E-state index contributed by atoms with van der Waals surface area (Å²) in [6.45, 7) is 2.73. The summed E-state index contributed by atoms with van der Waals surface area (Å²) in [6.07, 6.45) is 0. The minimum atomic E-state index is 0.603. The maximum absolute atomic E-state index is 5.61. The fourth-order valence-electron chi connectivity index (χ4n) is 1.63. The lowest BCUT2D eigenvalue weighted by Crippen LogP contribution is -1.96. The number of hydrogen-bond acceptors (Lipinski definition) is 2. The highest BCUT2D eigenvalue weighted by Gasteiger charge is 2.06. The molecule has 15 heavy (non-hydrogen) atoms. The van der Waals surface area contributed by atoms with Gasteiger partial charge in [0.05, 0.1) is 0 Å². The van der Waals surface area contributed by atoms with Gasteiger partial charge < -0.3 is 5.73 Å². The molecule has 78 valence electrons. The van der Waals surface area contributed by atoms with E-state index in [4.69, 9.17) is 5.73 Å². The zero-order chi connectivity index (χ0) is 10.8. The molecule has 0 unspecified atom stereocenters. The molecule has 0 amide bonds. The first-order valence-corrected chi connectivity index (χ1v) is 6.47. The van der Waals surface area contributed by atoms with Gasteiger partial charge in [0.2, 0.25) is 0 Å². The third kappa shape index (κ3) is 2.14. The summed E-state index contributed by atoms with van der Waals surface area (Å²) >= 11 is 5.27. The van der Waals surface area contributed by atoms with Crippen LogP contribution >= 0.6 is 27.3 Å². The lowest BCUT2D eigenvalue weighted by molar-refractivity contribution is 1.07. The van der Waals surface area contributed by atoms with Crippen LogP contribution in [-0.2, 0) is 6.54 Å². The number of rotatable bonds is 2. The van der Waals surface area contributed by atoms with Gasteiger partial charge in [-0.2, -0.15) is 11.3 Å². The Morgan fingerprint density at radius 3 is 2.60 bits per heavy atom. The van der Waals surface area contributed by atoms with Crippen LogP contribution in [0.4, 0.5) is 0 Å². The lowest BCUT2D eigenvalue weighted by Gasteiger charge is -2.06. The predicted molar refractivity (Wildman–Crippen MR) is 70.1 cm³/mol. The summed E-state index contributed by atoms with van der Waals surface area (Å²) in [5.74, 6) is 0. The smallest absolute Gasteiger partial charge is 0.0360 e. The molecule has 0 fully saturated rings. The maximum atomic E-state index is 5.61. The molecule has 2 rings (SSSR count). The van der Waals surface area contributed by atoms with E-state index < -0.39 is 0 Å². The fraction of sp³-hybridized carbons (Fsp3) is 0.167. The van der Waals surface area contributed by atoms with Crippen LogP contribution in [0.2, 0.25) is 0 Å². The molecule has 1 nitrogen and oxygen atoms in total. The van der Waals surface area contributed by atoms with Crippen molar-refractivity contribution in [1.29, 1.82) is 0 Å². The molecular weight excluding hydrogens is 270 g/mol. The molecule has 1 aromatic carbocycles. The number of thiophene rings is 1. The maximum Gasteiger partial charge on any atom is 0.0360 e. The summed E-state index contributed by atoms with van der Waals surface area (Å²) < 4.78 is 1.16. The molecule has 0 saturated carbocycles. The monoisotopic (exact) mass is 281 g/mol. The van der Waals surface area contributed by atoms with Gasteiger partial charge in [-0.3, -0.25) is 0 Å². The second-order valence-electron chi connectivity index (χ2n) is 3.49. The van der Waals surface area contributed by atoms with Gasteiger partial charge in [0.25, 0.3) is 0 Å². The number of hydrogen-bond donors (Lipinski definition) is 1. The molecule has 0 bridgehead atoms. The third-order valence-electron chi connectivity index (χ3n) is 2.43. The predicted octanol–water partition coefficient (Wildman–Crippen LogP) is 3.94. The third-order valence-corrected chi connectivity index (χ3v) is 4.13. The van der Waals surface area contributed by atoms with Crippen molar-refractivity contribution in [1.82, 2.24) is 0 Å². The minimum absolute atomic E-state index is 0.603. The number of nitrogens with two attached hydrogens (primary N) is 1. The number of benzene rings is 1. The van der Waals surface area contributed by atoms with Gasteiger partial charge >= 0.3 is 0 Å². The van der Waals surface area contributed by atoms with Gasteiger partial charge in [-0.15, -0.1) is 0 Å². The largest absolute Gasteiger partial charge is 0.326 e. The van der Waals surface area contributed by atoms with Crippen molar-refractivity contribution in [3.63, 3.8) is 0 Å². The highest BCUT2D eigenvalue weighted by atomic mass is 79.9. The van der Waals surface area contributed by atoms with Gasteiger partial charge in [-0.25, -0.2) is 0 Å². The molecule has 0 aliphatic heterocycles. The van der Waals surface area contributed by atoms with Crippen molar-refractivity contribution in [3.8, 4) is 11.1 Å². The molecule has 1 aromatic heterocycles. The molecule has 1 heterocycles. The van der Waals surface area contributed by atoms with Crippen molar-refractivity contribution < 1.29 is 0 Å². The molecule has 0 aliphatic rings. The van der Waals surface area contributed by atoms with E-state index in [1.807, 2.05) is 0 Å². The van der Waals surface area contributed by atoms with Gasteiger partial charge in [0.1, 0.15) is 0 Å². The average molecular weight is 282 g/mol. The summed E-state index contributed by atoms with van der Waals surface area (Å²) in [5.41, 5.74) is 10.6. The second-order valence-corrected chi connectivity index (χ2v) is 5.08. The minimum Gasteiger partial charge on any atom is -0.326 e. The van der Waals surface area contributed by atoms with Crippen molar-refractivity contribution in [2.75, 3.05) is 0 Å². The first-order valence-electron chi connectivity index (χ1n) is 4.74. The number of halogens is 1. The van der Waals surface area contributed by atoms with Crippen LogP contribution in [0.15, 0.2) is 33.4 Å². The van der Waals surface area contributed by atoms with E-state index in [2.05, 4.69) is 51.8 Å². The van der Waals surface area contributed by atoms with Crippen LogP contribution in [0, 0.1) is 6.92 Å². The Morgan fingerprint density at radius 2 is 2.07 bits per heavy atom. The van der Waals surface area contributed by atoms with E-state index in [0.29, 0.717) is 6.54 Å². The molecule has 2 N–H and O–H groups in total. The number of aryl methyl sites for hydroxylation is 1. The van der Waals surface area contributed by atoms with E-state index in [1.165, 1.54) is 22.3 Å². The van der Waals surface area contributed by atoms with E-state index in [9.17, 15) is 0 Å². The normalized spacial score (nSPS) is 10.6. The summed E-state index contributed by atoms with van der Waals surface area (Å²) in [6, 6.07) is 6.39.